The summed E-state index contributed by atoms with van der Waals surface area (Å²) < 4.78 is 0. The number of aromatic nitrogens is 2. The molecule has 1 N–H and O–H groups in total. The summed E-state index contributed by atoms with van der Waals surface area (Å²) in [6.07, 6.45) is 3.17. The van der Waals surface area contributed by atoms with Gasteiger partial charge in [-0.3, -0.25) is 0 Å². The zero-order valence-corrected chi connectivity index (χ0v) is 14.4. The van der Waals surface area contributed by atoms with Gasteiger partial charge in [0, 0.05) is 50.0 Å². The summed E-state index contributed by atoms with van der Waals surface area (Å²) in [6.45, 7) is 9.67. The van der Waals surface area contributed by atoms with Crippen LogP contribution in [0.2, 0.25) is 0 Å². The highest BCUT2D eigenvalue weighted by Gasteiger charge is 2.23. The van der Waals surface area contributed by atoms with Crippen molar-refractivity contribution in [1.29, 1.82) is 0 Å². The molecule has 2 heterocycles. The van der Waals surface area contributed by atoms with Gasteiger partial charge >= 0.3 is 0 Å². The fourth-order valence-electron chi connectivity index (χ4n) is 3.03. The molecule has 124 valence electrons. The van der Waals surface area contributed by atoms with Crippen molar-refractivity contribution in [3.05, 3.63) is 17.6 Å². The van der Waals surface area contributed by atoms with E-state index in [0.29, 0.717) is 12.0 Å². The van der Waals surface area contributed by atoms with Crippen LogP contribution in [0.25, 0.3) is 0 Å². The standard InChI is InChI=1S/C17H30N4O/c1-13(2)17-18-14(3)12-16(19-17)21-9-6-15(7-10-21)20(4)8-5-11-22/h12-13,15,22H,5-11H2,1-4H3. The van der Waals surface area contributed by atoms with Gasteiger partial charge in [0.15, 0.2) is 0 Å². The van der Waals surface area contributed by atoms with Gasteiger partial charge in [-0.15, -0.1) is 0 Å². The lowest BCUT2D eigenvalue weighted by Gasteiger charge is -2.37. The minimum absolute atomic E-state index is 0.279. The number of aryl methyl sites for hydroxylation is 1. The first kappa shape index (κ1) is 17.2. The molecule has 0 aliphatic carbocycles. The number of aliphatic hydroxyl groups is 1. The maximum absolute atomic E-state index is 8.95. The second-order valence-electron chi connectivity index (χ2n) is 6.66. The maximum atomic E-state index is 8.95. The van der Waals surface area contributed by atoms with Crippen LogP contribution in [0.5, 0.6) is 0 Å². The third-order valence-electron chi connectivity index (χ3n) is 4.46. The van der Waals surface area contributed by atoms with Crippen LogP contribution in [0.15, 0.2) is 6.07 Å². The average molecular weight is 306 g/mol. The molecule has 1 aliphatic rings. The number of anilines is 1. The molecule has 1 aromatic heterocycles. The molecular weight excluding hydrogens is 276 g/mol. The first-order valence-corrected chi connectivity index (χ1v) is 8.43. The second kappa shape index (κ2) is 7.88. The molecular formula is C17H30N4O. The monoisotopic (exact) mass is 306 g/mol. The van der Waals surface area contributed by atoms with Gasteiger partial charge in [-0.25, -0.2) is 9.97 Å². The summed E-state index contributed by atoms with van der Waals surface area (Å²) in [5, 5.41) is 8.95. The Morgan fingerprint density at radius 2 is 2.00 bits per heavy atom. The van der Waals surface area contributed by atoms with Crippen LogP contribution in [0.1, 0.15) is 50.5 Å². The Labute approximate surface area is 134 Å². The molecule has 0 atom stereocenters. The molecule has 2 rings (SSSR count). The fourth-order valence-corrected chi connectivity index (χ4v) is 3.03. The van der Waals surface area contributed by atoms with Crippen LogP contribution in [0.3, 0.4) is 0 Å². The predicted octanol–water partition coefficient (Wildman–Crippen LogP) is 2.19. The number of piperidine rings is 1. The molecule has 1 fully saturated rings. The summed E-state index contributed by atoms with van der Waals surface area (Å²) in [6, 6.07) is 2.72. The smallest absolute Gasteiger partial charge is 0.133 e. The molecule has 5 heteroatoms. The van der Waals surface area contributed by atoms with E-state index in [0.717, 1.165) is 56.2 Å². The molecule has 22 heavy (non-hydrogen) atoms. The number of nitrogens with zero attached hydrogens (tertiary/aromatic N) is 4. The minimum Gasteiger partial charge on any atom is -0.396 e. The third-order valence-corrected chi connectivity index (χ3v) is 4.46. The van der Waals surface area contributed by atoms with E-state index in [2.05, 4.69) is 41.7 Å². The van der Waals surface area contributed by atoms with Crippen LogP contribution in [0, 0.1) is 6.92 Å². The van der Waals surface area contributed by atoms with Gasteiger partial charge in [-0.05, 0) is 33.2 Å². The van der Waals surface area contributed by atoms with Crippen molar-refractivity contribution in [3.63, 3.8) is 0 Å². The molecule has 1 saturated heterocycles. The predicted molar refractivity (Wildman–Crippen MR) is 90.4 cm³/mol. The van der Waals surface area contributed by atoms with E-state index in [1.165, 1.54) is 0 Å². The lowest BCUT2D eigenvalue weighted by molar-refractivity contribution is 0.184. The zero-order chi connectivity index (χ0) is 16.1. The quantitative estimate of drug-likeness (QED) is 0.873. The first-order valence-electron chi connectivity index (χ1n) is 8.43. The Bertz CT molecular complexity index is 470. The number of hydrogen-bond donors (Lipinski definition) is 1. The number of aliphatic hydroxyl groups excluding tert-OH is 1. The molecule has 0 amide bonds. The van der Waals surface area contributed by atoms with Crippen molar-refractivity contribution in [2.24, 2.45) is 0 Å². The Morgan fingerprint density at radius 3 is 2.59 bits per heavy atom. The van der Waals surface area contributed by atoms with Crippen molar-refractivity contribution in [3.8, 4) is 0 Å². The molecule has 0 bridgehead atoms. The van der Waals surface area contributed by atoms with Gasteiger partial charge < -0.3 is 14.9 Å². The van der Waals surface area contributed by atoms with E-state index in [1.807, 2.05) is 6.92 Å². The van der Waals surface area contributed by atoms with Gasteiger partial charge in [0.1, 0.15) is 11.6 Å². The molecule has 5 nitrogen and oxygen atoms in total. The molecule has 0 spiro atoms. The van der Waals surface area contributed by atoms with Crippen LogP contribution in [-0.2, 0) is 0 Å². The van der Waals surface area contributed by atoms with Crippen LogP contribution >= 0.6 is 0 Å². The lowest BCUT2D eigenvalue weighted by Crippen LogP contribution is -2.44. The van der Waals surface area contributed by atoms with E-state index >= 15 is 0 Å². The second-order valence-corrected chi connectivity index (χ2v) is 6.66. The maximum Gasteiger partial charge on any atom is 0.133 e. The van der Waals surface area contributed by atoms with E-state index in [9.17, 15) is 0 Å². The largest absolute Gasteiger partial charge is 0.396 e. The van der Waals surface area contributed by atoms with Gasteiger partial charge in [0.25, 0.3) is 0 Å². The van der Waals surface area contributed by atoms with Crippen molar-refractivity contribution in [2.45, 2.75) is 52.0 Å². The molecule has 1 aliphatic heterocycles. The fraction of sp³-hybridized carbons (Fsp3) is 0.765. The Balaban J connectivity index is 1.97. The average Bonchev–Trinajstić information content (AvgIpc) is 2.52. The van der Waals surface area contributed by atoms with Crippen LogP contribution in [0.4, 0.5) is 5.82 Å². The normalized spacial score (nSPS) is 16.8. The first-order chi connectivity index (χ1) is 10.5. The van der Waals surface area contributed by atoms with Gasteiger partial charge in [-0.2, -0.15) is 0 Å². The van der Waals surface area contributed by atoms with Crippen LogP contribution < -0.4 is 4.90 Å². The van der Waals surface area contributed by atoms with E-state index in [1.54, 1.807) is 0 Å². The lowest BCUT2D eigenvalue weighted by atomic mass is 10.0. The summed E-state index contributed by atoms with van der Waals surface area (Å²) in [5.74, 6) is 2.38. The minimum atomic E-state index is 0.279. The zero-order valence-electron chi connectivity index (χ0n) is 14.4. The van der Waals surface area contributed by atoms with Gasteiger partial charge in [-0.1, -0.05) is 13.8 Å². The van der Waals surface area contributed by atoms with E-state index in [4.69, 9.17) is 10.1 Å². The van der Waals surface area contributed by atoms with Gasteiger partial charge in [0.2, 0.25) is 0 Å². The van der Waals surface area contributed by atoms with E-state index < -0.39 is 0 Å². The Hall–Kier alpha value is -1.20. The van der Waals surface area contributed by atoms with E-state index in [-0.39, 0.29) is 6.61 Å². The summed E-state index contributed by atoms with van der Waals surface area (Å²) in [4.78, 5) is 14.1. The molecule has 0 aromatic carbocycles. The molecule has 1 aromatic rings. The summed E-state index contributed by atoms with van der Waals surface area (Å²) in [5.41, 5.74) is 1.05. The SMILES string of the molecule is Cc1cc(N2CCC(N(C)CCCO)CC2)nc(C(C)C)n1. The summed E-state index contributed by atoms with van der Waals surface area (Å²) >= 11 is 0. The molecule has 0 radical (unpaired) electrons. The summed E-state index contributed by atoms with van der Waals surface area (Å²) in [7, 11) is 2.17. The van der Waals surface area contributed by atoms with Crippen molar-refractivity contribution in [1.82, 2.24) is 14.9 Å². The highest BCUT2D eigenvalue weighted by molar-refractivity contribution is 5.40. The van der Waals surface area contributed by atoms with Crippen molar-refractivity contribution >= 4 is 5.82 Å². The molecule has 0 unspecified atom stereocenters. The van der Waals surface area contributed by atoms with Gasteiger partial charge in [0.05, 0.1) is 0 Å². The Morgan fingerprint density at radius 1 is 1.32 bits per heavy atom. The highest BCUT2D eigenvalue weighted by Crippen LogP contribution is 2.22. The van der Waals surface area contributed by atoms with Crippen LogP contribution in [-0.4, -0.2) is 59.3 Å². The Kier molecular flexibility index (Phi) is 6.15. The third kappa shape index (κ3) is 4.40. The number of rotatable bonds is 6. The topological polar surface area (TPSA) is 52.5 Å². The highest BCUT2D eigenvalue weighted by atomic mass is 16.3. The van der Waals surface area contributed by atoms with Crippen molar-refractivity contribution in [2.75, 3.05) is 38.2 Å². The molecule has 0 saturated carbocycles. The van der Waals surface area contributed by atoms with Crippen molar-refractivity contribution < 1.29 is 5.11 Å². The number of hydrogen-bond acceptors (Lipinski definition) is 5.